The molecule has 1 aromatic rings. The monoisotopic (exact) mass is 354 g/mol. The predicted octanol–water partition coefficient (Wildman–Crippen LogP) is 4.95. The Morgan fingerprint density at radius 2 is 2.05 bits per heavy atom. The fourth-order valence-corrected chi connectivity index (χ4v) is 3.32. The van der Waals surface area contributed by atoms with Crippen molar-refractivity contribution in [1.82, 2.24) is 0 Å². The molecule has 1 N–H and O–H groups in total. The number of benzene rings is 1. The summed E-state index contributed by atoms with van der Waals surface area (Å²) in [6.45, 7) is 2.07. The number of carboxylic acids is 1. The van der Waals surface area contributed by atoms with Crippen LogP contribution in [0.4, 0.5) is 0 Å². The van der Waals surface area contributed by atoms with Crippen LogP contribution in [0.3, 0.4) is 0 Å². The Balaban J connectivity index is 1.76. The molecule has 0 aliphatic heterocycles. The Kier molecular flexibility index (Phi) is 6.09. The van der Waals surface area contributed by atoms with Crippen LogP contribution in [0, 0.1) is 12.8 Å². The van der Waals surface area contributed by atoms with E-state index in [0.29, 0.717) is 18.4 Å². The lowest BCUT2D eigenvalue weighted by Gasteiger charge is -2.29. The molecule has 0 saturated heterocycles. The van der Waals surface area contributed by atoms with Gasteiger partial charge in [0, 0.05) is 16.5 Å². The lowest BCUT2D eigenvalue weighted by atomic mass is 9.84. The highest BCUT2D eigenvalue weighted by Crippen LogP contribution is 2.33. The quantitative estimate of drug-likeness (QED) is 0.785. The van der Waals surface area contributed by atoms with Crippen molar-refractivity contribution in [3.63, 3.8) is 0 Å². The zero-order valence-corrected chi connectivity index (χ0v) is 14.1. The van der Waals surface area contributed by atoms with Gasteiger partial charge in [0.1, 0.15) is 5.75 Å². The van der Waals surface area contributed by atoms with E-state index in [-0.39, 0.29) is 0 Å². The summed E-state index contributed by atoms with van der Waals surface area (Å²) in [4.78, 5) is 10.5. The normalized spacial score (nSPS) is 22.0. The van der Waals surface area contributed by atoms with Crippen LogP contribution in [0.15, 0.2) is 22.7 Å². The molecule has 21 heavy (non-hydrogen) atoms. The van der Waals surface area contributed by atoms with Gasteiger partial charge >= 0.3 is 5.97 Å². The molecule has 0 radical (unpaired) electrons. The number of rotatable bonds is 6. The van der Waals surface area contributed by atoms with Crippen molar-refractivity contribution in [2.75, 3.05) is 0 Å². The molecule has 1 aliphatic rings. The molecule has 0 spiro atoms. The van der Waals surface area contributed by atoms with Crippen LogP contribution in [0.5, 0.6) is 5.75 Å². The van der Waals surface area contributed by atoms with E-state index >= 15 is 0 Å². The first-order valence-corrected chi connectivity index (χ1v) is 8.49. The molecule has 1 fully saturated rings. The third kappa shape index (κ3) is 5.03. The number of carbonyl (C=O) groups is 1. The fourth-order valence-electron chi connectivity index (χ4n) is 2.98. The lowest BCUT2D eigenvalue weighted by Crippen LogP contribution is -2.24. The van der Waals surface area contributed by atoms with Gasteiger partial charge in [-0.3, -0.25) is 4.79 Å². The average Bonchev–Trinajstić information content (AvgIpc) is 2.45. The molecule has 1 saturated carbocycles. The van der Waals surface area contributed by atoms with Crippen molar-refractivity contribution in [2.45, 2.75) is 58.0 Å². The third-order valence-corrected chi connectivity index (χ3v) is 5.17. The summed E-state index contributed by atoms with van der Waals surface area (Å²) in [5.74, 6) is 0.962. The molecule has 1 aromatic carbocycles. The Bertz CT molecular complexity index is 479. The van der Waals surface area contributed by atoms with Crippen molar-refractivity contribution in [2.24, 2.45) is 5.92 Å². The van der Waals surface area contributed by atoms with Gasteiger partial charge in [-0.2, -0.15) is 0 Å². The zero-order valence-electron chi connectivity index (χ0n) is 12.5. The highest BCUT2D eigenvalue weighted by Gasteiger charge is 2.22. The molecule has 3 nitrogen and oxygen atoms in total. The fraction of sp³-hybridized carbons (Fsp3) is 0.588. The topological polar surface area (TPSA) is 46.5 Å². The molecule has 0 unspecified atom stereocenters. The molecular weight excluding hydrogens is 332 g/mol. The second-order valence-corrected chi connectivity index (χ2v) is 6.76. The van der Waals surface area contributed by atoms with Crippen LogP contribution >= 0.6 is 15.9 Å². The Morgan fingerprint density at radius 3 is 2.71 bits per heavy atom. The standard InChI is InChI=1S/C17H23BrO3/c1-12-15(18)5-3-6-16(12)21-14-10-8-13(9-11-14)4-2-7-17(19)20/h3,5-6,13-14H,2,4,7-11H2,1H3,(H,19,20)/t13-,14-. The predicted molar refractivity (Wildman–Crippen MR) is 86.7 cm³/mol. The number of ether oxygens (including phenoxy) is 1. The summed E-state index contributed by atoms with van der Waals surface area (Å²) in [5, 5.41) is 8.67. The van der Waals surface area contributed by atoms with Gasteiger partial charge in [0.25, 0.3) is 0 Å². The third-order valence-electron chi connectivity index (χ3n) is 4.31. The molecule has 0 atom stereocenters. The Hall–Kier alpha value is -1.03. The number of aliphatic carboxylic acids is 1. The van der Waals surface area contributed by atoms with Gasteiger partial charge in [-0.05, 0) is 63.5 Å². The molecule has 4 heteroatoms. The van der Waals surface area contributed by atoms with Gasteiger partial charge in [0.2, 0.25) is 0 Å². The Labute approximate surface area is 134 Å². The average molecular weight is 355 g/mol. The number of carboxylic acid groups (broad SMARTS) is 1. The van der Waals surface area contributed by atoms with E-state index in [4.69, 9.17) is 9.84 Å². The van der Waals surface area contributed by atoms with Crippen LogP contribution in [-0.2, 0) is 4.79 Å². The maximum Gasteiger partial charge on any atom is 0.303 e. The van der Waals surface area contributed by atoms with Crippen LogP contribution < -0.4 is 4.74 Å². The first kappa shape index (κ1) is 16.3. The summed E-state index contributed by atoms with van der Waals surface area (Å²) in [6, 6.07) is 6.06. The van der Waals surface area contributed by atoms with E-state index in [1.54, 1.807) is 0 Å². The minimum atomic E-state index is -0.683. The van der Waals surface area contributed by atoms with Crippen molar-refractivity contribution in [1.29, 1.82) is 0 Å². The Morgan fingerprint density at radius 1 is 1.33 bits per heavy atom. The van der Waals surface area contributed by atoms with Crippen molar-refractivity contribution in [3.05, 3.63) is 28.2 Å². The zero-order chi connectivity index (χ0) is 15.2. The van der Waals surface area contributed by atoms with Gasteiger partial charge in [-0.25, -0.2) is 0 Å². The second kappa shape index (κ2) is 7.83. The first-order chi connectivity index (χ1) is 10.1. The minimum absolute atomic E-state index is 0.299. The van der Waals surface area contributed by atoms with Gasteiger partial charge in [-0.15, -0.1) is 0 Å². The summed E-state index contributed by atoms with van der Waals surface area (Å²) in [6.07, 6.45) is 6.88. The van der Waals surface area contributed by atoms with Crippen molar-refractivity contribution >= 4 is 21.9 Å². The maximum atomic E-state index is 10.5. The molecule has 0 aromatic heterocycles. The van der Waals surface area contributed by atoms with Gasteiger partial charge in [-0.1, -0.05) is 22.0 Å². The number of hydrogen-bond donors (Lipinski definition) is 1. The summed E-state index contributed by atoms with van der Waals surface area (Å²) in [7, 11) is 0. The smallest absolute Gasteiger partial charge is 0.303 e. The maximum absolute atomic E-state index is 10.5. The van der Waals surface area contributed by atoms with Crippen LogP contribution in [0.2, 0.25) is 0 Å². The minimum Gasteiger partial charge on any atom is -0.490 e. The van der Waals surface area contributed by atoms with Crippen LogP contribution in [-0.4, -0.2) is 17.2 Å². The molecule has 0 amide bonds. The second-order valence-electron chi connectivity index (χ2n) is 5.91. The summed E-state index contributed by atoms with van der Waals surface area (Å²) in [5.41, 5.74) is 1.15. The SMILES string of the molecule is Cc1c(Br)cccc1O[C@H]1CC[C@H](CCCC(=O)O)CC1. The summed E-state index contributed by atoms with van der Waals surface area (Å²) >= 11 is 3.53. The van der Waals surface area contributed by atoms with E-state index in [1.807, 2.05) is 18.2 Å². The van der Waals surface area contributed by atoms with Crippen LogP contribution in [0.1, 0.15) is 50.5 Å². The van der Waals surface area contributed by atoms with E-state index < -0.39 is 5.97 Å². The highest BCUT2D eigenvalue weighted by atomic mass is 79.9. The van der Waals surface area contributed by atoms with Gasteiger partial charge in [0.05, 0.1) is 6.10 Å². The van der Waals surface area contributed by atoms with E-state index in [2.05, 4.69) is 22.9 Å². The lowest BCUT2D eigenvalue weighted by molar-refractivity contribution is -0.137. The van der Waals surface area contributed by atoms with E-state index in [0.717, 1.165) is 54.3 Å². The van der Waals surface area contributed by atoms with E-state index in [1.165, 1.54) is 0 Å². The first-order valence-electron chi connectivity index (χ1n) is 7.70. The molecule has 1 aliphatic carbocycles. The molecule has 116 valence electrons. The van der Waals surface area contributed by atoms with E-state index in [9.17, 15) is 4.79 Å². The van der Waals surface area contributed by atoms with Crippen molar-refractivity contribution in [3.8, 4) is 5.75 Å². The van der Waals surface area contributed by atoms with Gasteiger partial charge in [0.15, 0.2) is 0 Å². The highest BCUT2D eigenvalue weighted by molar-refractivity contribution is 9.10. The number of hydrogen-bond acceptors (Lipinski definition) is 2. The van der Waals surface area contributed by atoms with Gasteiger partial charge < -0.3 is 9.84 Å². The molecular formula is C17H23BrO3. The molecule has 2 rings (SSSR count). The molecule has 0 bridgehead atoms. The van der Waals surface area contributed by atoms with Crippen LogP contribution in [0.25, 0.3) is 0 Å². The van der Waals surface area contributed by atoms with Crippen molar-refractivity contribution < 1.29 is 14.6 Å². The largest absolute Gasteiger partial charge is 0.490 e. The molecule has 0 heterocycles. The summed E-state index contributed by atoms with van der Waals surface area (Å²) < 4.78 is 7.22. The number of halogens is 1.